The summed E-state index contributed by atoms with van der Waals surface area (Å²) in [6.45, 7) is 0.952. The van der Waals surface area contributed by atoms with Crippen molar-refractivity contribution in [2.75, 3.05) is 13.7 Å². The first kappa shape index (κ1) is 10.5. The lowest BCUT2D eigenvalue weighted by molar-refractivity contribution is 0.104. The van der Waals surface area contributed by atoms with E-state index in [2.05, 4.69) is 12.1 Å². The van der Waals surface area contributed by atoms with Gasteiger partial charge in [0.05, 0.1) is 13.2 Å². The van der Waals surface area contributed by atoms with Gasteiger partial charge in [0.2, 0.25) is 0 Å². The van der Waals surface area contributed by atoms with Crippen LogP contribution in [0.3, 0.4) is 0 Å². The molecule has 1 aromatic rings. The Morgan fingerprint density at radius 3 is 2.73 bits per heavy atom. The van der Waals surface area contributed by atoms with Gasteiger partial charge in [-0.15, -0.1) is 0 Å². The van der Waals surface area contributed by atoms with Gasteiger partial charge in [-0.1, -0.05) is 12.1 Å². The van der Waals surface area contributed by atoms with Crippen LogP contribution < -0.4 is 4.74 Å². The molecule has 1 heterocycles. The molecule has 15 heavy (non-hydrogen) atoms. The predicted octanol–water partition coefficient (Wildman–Crippen LogP) is 2.81. The fraction of sp³-hybridized carbons (Fsp3) is 0.538. The van der Waals surface area contributed by atoms with E-state index in [0.717, 1.165) is 25.2 Å². The Balaban J connectivity index is 1.82. The van der Waals surface area contributed by atoms with Crippen molar-refractivity contribution in [1.29, 1.82) is 0 Å². The van der Waals surface area contributed by atoms with Crippen molar-refractivity contribution in [1.82, 2.24) is 0 Å². The summed E-state index contributed by atoms with van der Waals surface area (Å²) in [6, 6.07) is 8.30. The molecule has 0 spiro atoms. The second kappa shape index (κ2) is 5.17. The normalized spacial score (nSPS) is 20.5. The quantitative estimate of drug-likeness (QED) is 0.754. The molecule has 1 atom stereocenters. The number of ether oxygens (including phenoxy) is 2. The summed E-state index contributed by atoms with van der Waals surface area (Å²) in [7, 11) is 1.70. The van der Waals surface area contributed by atoms with Crippen LogP contribution in [0.25, 0.3) is 0 Å². The minimum atomic E-state index is 0.493. The fourth-order valence-corrected chi connectivity index (χ4v) is 1.99. The van der Waals surface area contributed by atoms with E-state index in [-0.39, 0.29) is 0 Å². The molecule has 0 aliphatic carbocycles. The molecule has 1 unspecified atom stereocenters. The maximum absolute atomic E-state index is 5.59. The van der Waals surface area contributed by atoms with E-state index in [0.29, 0.717) is 6.10 Å². The summed E-state index contributed by atoms with van der Waals surface area (Å²) in [4.78, 5) is 0. The zero-order chi connectivity index (χ0) is 10.5. The summed E-state index contributed by atoms with van der Waals surface area (Å²) in [5.41, 5.74) is 1.37. The number of benzene rings is 1. The minimum absolute atomic E-state index is 0.493. The third-order valence-electron chi connectivity index (χ3n) is 2.94. The van der Waals surface area contributed by atoms with Gasteiger partial charge in [-0.25, -0.2) is 0 Å². The Morgan fingerprint density at radius 2 is 2.13 bits per heavy atom. The zero-order valence-electron chi connectivity index (χ0n) is 9.24. The maximum Gasteiger partial charge on any atom is 0.118 e. The second-order valence-corrected chi connectivity index (χ2v) is 4.02. The molecule has 0 bridgehead atoms. The van der Waals surface area contributed by atoms with Gasteiger partial charge in [-0.2, -0.15) is 0 Å². The molecule has 1 saturated heterocycles. The molecular formula is C13H18O2. The molecule has 2 heteroatoms. The zero-order valence-corrected chi connectivity index (χ0v) is 9.24. The third kappa shape index (κ3) is 2.96. The van der Waals surface area contributed by atoms with E-state index >= 15 is 0 Å². The number of aryl methyl sites for hydroxylation is 1. The molecule has 1 aromatic carbocycles. The van der Waals surface area contributed by atoms with Crippen LogP contribution in [0.4, 0.5) is 0 Å². The lowest BCUT2D eigenvalue weighted by Gasteiger charge is -2.09. The maximum atomic E-state index is 5.59. The molecule has 0 amide bonds. The molecule has 0 N–H and O–H groups in total. The van der Waals surface area contributed by atoms with Gasteiger partial charge in [0.15, 0.2) is 0 Å². The number of hydrogen-bond acceptors (Lipinski definition) is 2. The van der Waals surface area contributed by atoms with E-state index in [4.69, 9.17) is 9.47 Å². The molecule has 1 aliphatic heterocycles. The molecule has 1 aliphatic rings. The monoisotopic (exact) mass is 206 g/mol. The van der Waals surface area contributed by atoms with Crippen LogP contribution in [-0.4, -0.2) is 19.8 Å². The molecule has 82 valence electrons. The van der Waals surface area contributed by atoms with Gasteiger partial charge in [0, 0.05) is 6.61 Å². The van der Waals surface area contributed by atoms with Crippen molar-refractivity contribution in [2.45, 2.75) is 31.8 Å². The lowest BCUT2D eigenvalue weighted by Crippen LogP contribution is -2.05. The lowest BCUT2D eigenvalue weighted by atomic mass is 10.1. The van der Waals surface area contributed by atoms with Gasteiger partial charge >= 0.3 is 0 Å². The Labute approximate surface area is 91.2 Å². The highest BCUT2D eigenvalue weighted by molar-refractivity contribution is 5.27. The topological polar surface area (TPSA) is 18.5 Å². The Bertz CT molecular complexity index is 286. The summed E-state index contributed by atoms with van der Waals surface area (Å²) in [5.74, 6) is 0.927. The molecule has 1 fully saturated rings. The van der Waals surface area contributed by atoms with Gasteiger partial charge in [0.1, 0.15) is 5.75 Å². The smallest absolute Gasteiger partial charge is 0.118 e. The largest absolute Gasteiger partial charge is 0.497 e. The van der Waals surface area contributed by atoms with Crippen molar-refractivity contribution in [3.05, 3.63) is 29.8 Å². The van der Waals surface area contributed by atoms with E-state index < -0.39 is 0 Å². The standard InChI is InChI=1S/C13H18O2/c1-14-12-7-4-11(5-8-12)6-9-13-3-2-10-15-13/h4-5,7-8,13H,2-3,6,9-10H2,1H3. The molecule has 0 saturated carbocycles. The third-order valence-corrected chi connectivity index (χ3v) is 2.94. The highest BCUT2D eigenvalue weighted by Gasteiger charge is 2.14. The average Bonchev–Trinajstić information content (AvgIpc) is 2.80. The highest BCUT2D eigenvalue weighted by atomic mass is 16.5. The first-order valence-corrected chi connectivity index (χ1v) is 5.63. The summed E-state index contributed by atoms with van der Waals surface area (Å²) in [6.07, 6.45) is 5.21. The Hall–Kier alpha value is -1.02. The number of methoxy groups -OCH3 is 1. The van der Waals surface area contributed by atoms with Crippen LogP contribution in [0.2, 0.25) is 0 Å². The summed E-state index contributed by atoms with van der Waals surface area (Å²) >= 11 is 0. The van der Waals surface area contributed by atoms with Crippen LogP contribution >= 0.6 is 0 Å². The van der Waals surface area contributed by atoms with Crippen LogP contribution in [0.15, 0.2) is 24.3 Å². The Kier molecular flexibility index (Phi) is 3.62. The second-order valence-electron chi connectivity index (χ2n) is 4.02. The SMILES string of the molecule is COc1ccc(CCC2CCCO2)cc1. The average molecular weight is 206 g/mol. The fourth-order valence-electron chi connectivity index (χ4n) is 1.99. The van der Waals surface area contributed by atoms with E-state index in [1.54, 1.807) is 7.11 Å². The van der Waals surface area contributed by atoms with Crippen molar-refractivity contribution in [3.63, 3.8) is 0 Å². The van der Waals surface area contributed by atoms with E-state index in [1.165, 1.54) is 18.4 Å². The molecule has 0 aromatic heterocycles. The van der Waals surface area contributed by atoms with Gasteiger partial charge in [0.25, 0.3) is 0 Å². The summed E-state index contributed by atoms with van der Waals surface area (Å²) in [5, 5.41) is 0. The minimum Gasteiger partial charge on any atom is -0.497 e. The van der Waals surface area contributed by atoms with Crippen LogP contribution in [0.5, 0.6) is 5.75 Å². The Morgan fingerprint density at radius 1 is 1.33 bits per heavy atom. The van der Waals surface area contributed by atoms with Crippen molar-refractivity contribution >= 4 is 0 Å². The van der Waals surface area contributed by atoms with Crippen molar-refractivity contribution in [2.24, 2.45) is 0 Å². The van der Waals surface area contributed by atoms with Crippen molar-refractivity contribution < 1.29 is 9.47 Å². The number of rotatable bonds is 4. The first-order valence-electron chi connectivity index (χ1n) is 5.63. The molecule has 0 radical (unpaired) electrons. The van der Waals surface area contributed by atoms with Crippen LogP contribution in [0.1, 0.15) is 24.8 Å². The molecular weight excluding hydrogens is 188 g/mol. The molecule has 2 rings (SSSR count). The van der Waals surface area contributed by atoms with Crippen LogP contribution in [0, 0.1) is 0 Å². The van der Waals surface area contributed by atoms with Gasteiger partial charge in [-0.3, -0.25) is 0 Å². The first-order chi connectivity index (χ1) is 7.38. The molecule has 2 nitrogen and oxygen atoms in total. The summed E-state index contributed by atoms with van der Waals surface area (Å²) < 4.78 is 10.7. The predicted molar refractivity (Wildman–Crippen MR) is 60.3 cm³/mol. The van der Waals surface area contributed by atoms with Crippen molar-refractivity contribution in [3.8, 4) is 5.75 Å². The highest BCUT2D eigenvalue weighted by Crippen LogP contribution is 2.19. The van der Waals surface area contributed by atoms with Gasteiger partial charge in [-0.05, 0) is 43.4 Å². The van der Waals surface area contributed by atoms with E-state index in [1.807, 2.05) is 12.1 Å². The number of hydrogen-bond donors (Lipinski definition) is 0. The van der Waals surface area contributed by atoms with E-state index in [9.17, 15) is 0 Å². The van der Waals surface area contributed by atoms with Crippen LogP contribution in [-0.2, 0) is 11.2 Å². The van der Waals surface area contributed by atoms with Gasteiger partial charge < -0.3 is 9.47 Å².